The van der Waals surface area contributed by atoms with Crippen molar-refractivity contribution in [1.29, 1.82) is 0 Å². The van der Waals surface area contributed by atoms with Gasteiger partial charge in [-0.15, -0.1) is 0 Å². The number of anilines is 1. The van der Waals surface area contributed by atoms with Gasteiger partial charge in [0.15, 0.2) is 0 Å². The second-order valence-corrected chi connectivity index (χ2v) is 7.89. The zero-order valence-corrected chi connectivity index (χ0v) is 17.8. The first-order valence-electron chi connectivity index (χ1n) is 10.1. The summed E-state index contributed by atoms with van der Waals surface area (Å²) in [5.74, 6) is -0.226. The SMILES string of the molecule is Cc1cc(C)n(-c2cccc(NC(=O)C(NC(=O)CC(C)C)c3ccccc3)c2)n1. The first-order chi connectivity index (χ1) is 14.3. The molecule has 1 aromatic heterocycles. The van der Waals surface area contributed by atoms with Crippen LogP contribution in [-0.4, -0.2) is 21.6 Å². The summed E-state index contributed by atoms with van der Waals surface area (Å²) in [5, 5.41) is 10.3. The molecule has 0 aliphatic rings. The predicted octanol–water partition coefficient (Wildman–Crippen LogP) is 4.33. The van der Waals surface area contributed by atoms with Gasteiger partial charge in [-0.05, 0) is 49.6 Å². The zero-order chi connectivity index (χ0) is 21.7. The molecule has 0 bridgehead atoms. The van der Waals surface area contributed by atoms with Crippen LogP contribution < -0.4 is 10.6 Å². The number of carbonyl (C=O) groups excluding carboxylic acids is 2. The summed E-state index contributed by atoms with van der Waals surface area (Å²) in [6, 6.07) is 18.0. The van der Waals surface area contributed by atoms with Crippen molar-refractivity contribution in [2.24, 2.45) is 5.92 Å². The Labute approximate surface area is 177 Å². The molecule has 0 saturated heterocycles. The Hall–Kier alpha value is -3.41. The molecular formula is C24H28N4O2. The molecule has 0 aliphatic carbocycles. The molecule has 3 aromatic rings. The molecule has 1 unspecified atom stereocenters. The van der Waals surface area contributed by atoms with Crippen LogP contribution in [0, 0.1) is 19.8 Å². The number of hydrogen-bond acceptors (Lipinski definition) is 3. The quantitative estimate of drug-likeness (QED) is 0.615. The van der Waals surface area contributed by atoms with E-state index in [1.165, 1.54) is 0 Å². The normalized spacial score (nSPS) is 11.9. The predicted molar refractivity (Wildman–Crippen MR) is 118 cm³/mol. The molecule has 1 heterocycles. The number of aromatic nitrogens is 2. The van der Waals surface area contributed by atoms with Gasteiger partial charge in [-0.25, -0.2) is 4.68 Å². The van der Waals surface area contributed by atoms with Crippen LogP contribution in [-0.2, 0) is 9.59 Å². The maximum atomic E-state index is 13.1. The number of benzene rings is 2. The van der Waals surface area contributed by atoms with Crippen LogP contribution in [0.1, 0.15) is 43.3 Å². The van der Waals surface area contributed by atoms with Crippen molar-refractivity contribution in [3.63, 3.8) is 0 Å². The molecule has 2 amide bonds. The summed E-state index contributed by atoms with van der Waals surface area (Å²) in [5.41, 5.74) is 4.18. The van der Waals surface area contributed by atoms with Crippen LogP contribution in [0.4, 0.5) is 5.69 Å². The Morgan fingerprint density at radius 3 is 2.37 bits per heavy atom. The Bertz CT molecular complexity index is 1020. The van der Waals surface area contributed by atoms with E-state index in [0.717, 1.165) is 22.6 Å². The second-order valence-electron chi connectivity index (χ2n) is 7.89. The maximum Gasteiger partial charge on any atom is 0.251 e. The van der Waals surface area contributed by atoms with Gasteiger partial charge in [-0.3, -0.25) is 9.59 Å². The lowest BCUT2D eigenvalue weighted by Gasteiger charge is -2.20. The van der Waals surface area contributed by atoms with Gasteiger partial charge in [-0.1, -0.05) is 50.2 Å². The van der Waals surface area contributed by atoms with E-state index in [4.69, 9.17) is 0 Å². The average Bonchev–Trinajstić information content (AvgIpc) is 3.04. The number of carbonyl (C=O) groups is 2. The van der Waals surface area contributed by atoms with Crippen molar-refractivity contribution < 1.29 is 9.59 Å². The monoisotopic (exact) mass is 404 g/mol. The van der Waals surface area contributed by atoms with Gasteiger partial charge in [0.2, 0.25) is 5.91 Å². The molecule has 0 spiro atoms. The van der Waals surface area contributed by atoms with Gasteiger partial charge in [0, 0.05) is 17.8 Å². The zero-order valence-electron chi connectivity index (χ0n) is 17.8. The largest absolute Gasteiger partial charge is 0.341 e. The Kier molecular flexibility index (Phi) is 6.67. The van der Waals surface area contributed by atoms with Gasteiger partial charge >= 0.3 is 0 Å². The van der Waals surface area contributed by atoms with Crippen molar-refractivity contribution >= 4 is 17.5 Å². The molecule has 0 fully saturated rings. The standard InChI is InChI=1S/C24H28N4O2/c1-16(2)13-22(29)26-23(19-9-6-5-7-10-19)24(30)25-20-11-8-12-21(15-20)28-18(4)14-17(3)27-28/h5-12,14-16,23H,13H2,1-4H3,(H,25,30)(H,26,29). The number of aryl methyl sites for hydroxylation is 2. The highest BCUT2D eigenvalue weighted by molar-refractivity contribution is 5.98. The van der Waals surface area contributed by atoms with Gasteiger partial charge in [0.25, 0.3) is 5.91 Å². The minimum Gasteiger partial charge on any atom is -0.341 e. The molecule has 6 nitrogen and oxygen atoms in total. The second kappa shape index (κ2) is 9.39. The molecular weight excluding hydrogens is 376 g/mol. The lowest BCUT2D eigenvalue weighted by molar-refractivity contribution is -0.127. The van der Waals surface area contributed by atoms with E-state index in [0.29, 0.717) is 12.1 Å². The number of hydrogen-bond donors (Lipinski definition) is 2. The van der Waals surface area contributed by atoms with Crippen LogP contribution in [0.5, 0.6) is 0 Å². The molecule has 2 N–H and O–H groups in total. The van der Waals surface area contributed by atoms with Crippen molar-refractivity contribution in [1.82, 2.24) is 15.1 Å². The van der Waals surface area contributed by atoms with Gasteiger partial charge < -0.3 is 10.6 Å². The fraction of sp³-hybridized carbons (Fsp3) is 0.292. The topological polar surface area (TPSA) is 76.0 Å². The highest BCUT2D eigenvalue weighted by Crippen LogP contribution is 2.20. The van der Waals surface area contributed by atoms with Crippen molar-refractivity contribution in [2.75, 3.05) is 5.32 Å². The van der Waals surface area contributed by atoms with Crippen LogP contribution in [0.2, 0.25) is 0 Å². The highest BCUT2D eigenvalue weighted by Gasteiger charge is 2.23. The minimum absolute atomic E-state index is 0.148. The number of nitrogens with zero attached hydrogens (tertiary/aromatic N) is 2. The first-order valence-corrected chi connectivity index (χ1v) is 10.1. The van der Waals surface area contributed by atoms with Crippen LogP contribution in [0.15, 0.2) is 60.7 Å². The summed E-state index contributed by atoms with van der Waals surface area (Å²) in [6.07, 6.45) is 0.365. The molecule has 1 atom stereocenters. The van der Waals surface area contributed by atoms with E-state index < -0.39 is 6.04 Å². The summed E-state index contributed by atoms with van der Waals surface area (Å²) in [7, 11) is 0. The summed E-state index contributed by atoms with van der Waals surface area (Å²) in [6.45, 7) is 7.88. The first kappa shape index (κ1) is 21.3. The Morgan fingerprint density at radius 2 is 1.73 bits per heavy atom. The van der Waals surface area contributed by atoms with E-state index in [9.17, 15) is 9.59 Å². The number of nitrogens with one attached hydrogen (secondary N) is 2. The smallest absolute Gasteiger partial charge is 0.251 e. The maximum absolute atomic E-state index is 13.1. The molecule has 0 aliphatic heterocycles. The highest BCUT2D eigenvalue weighted by atomic mass is 16.2. The fourth-order valence-corrected chi connectivity index (χ4v) is 3.36. The van der Waals surface area contributed by atoms with E-state index in [-0.39, 0.29) is 17.7 Å². The van der Waals surface area contributed by atoms with Crippen LogP contribution in [0.25, 0.3) is 5.69 Å². The lowest BCUT2D eigenvalue weighted by Crippen LogP contribution is -2.37. The summed E-state index contributed by atoms with van der Waals surface area (Å²) >= 11 is 0. The van der Waals surface area contributed by atoms with E-state index >= 15 is 0 Å². The van der Waals surface area contributed by atoms with Gasteiger partial charge in [0.05, 0.1) is 11.4 Å². The van der Waals surface area contributed by atoms with Crippen molar-refractivity contribution in [2.45, 2.75) is 40.2 Å². The van der Waals surface area contributed by atoms with E-state index in [2.05, 4.69) is 15.7 Å². The Balaban J connectivity index is 1.82. The number of rotatable bonds is 7. The van der Waals surface area contributed by atoms with Gasteiger partial charge in [-0.2, -0.15) is 5.10 Å². The molecule has 3 rings (SSSR count). The molecule has 30 heavy (non-hydrogen) atoms. The third kappa shape index (κ3) is 5.35. The third-order valence-corrected chi connectivity index (χ3v) is 4.66. The fourth-order valence-electron chi connectivity index (χ4n) is 3.36. The molecule has 6 heteroatoms. The Morgan fingerprint density at radius 1 is 1.00 bits per heavy atom. The number of amides is 2. The van der Waals surface area contributed by atoms with Crippen LogP contribution in [0.3, 0.4) is 0 Å². The van der Waals surface area contributed by atoms with Crippen molar-refractivity contribution in [3.8, 4) is 5.69 Å². The summed E-state index contributed by atoms with van der Waals surface area (Å²) < 4.78 is 1.84. The molecule has 0 radical (unpaired) electrons. The summed E-state index contributed by atoms with van der Waals surface area (Å²) in [4.78, 5) is 25.5. The minimum atomic E-state index is -0.769. The van der Waals surface area contributed by atoms with E-state index in [1.54, 1.807) is 0 Å². The van der Waals surface area contributed by atoms with Crippen LogP contribution >= 0.6 is 0 Å². The van der Waals surface area contributed by atoms with E-state index in [1.807, 2.05) is 93.0 Å². The molecule has 0 saturated carbocycles. The van der Waals surface area contributed by atoms with Crippen molar-refractivity contribution in [3.05, 3.63) is 77.6 Å². The lowest BCUT2D eigenvalue weighted by atomic mass is 10.0. The average molecular weight is 405 g/mol. The molecule has 2 aromatic carbocycles. The molecule has 156 valence electrons. The van der Waals surface area contributed by atoms with Gasteiger partial charge in [0.1, 0.15) is 6.04 Å². The third-order valence-electron chi connectivity index (χ3n) is 4.66.